The van der Waals surface area contributed by atoms with E-state index < -0.39 is 0 Å². The maximum Gasteiger partial charge on any atom is 0.251 e. The highest BCUT2D eigenvalue weighted by Gasteiger charge is 2.20. The van der Waals surface area contributed by atoms with Gasteiger partial charge in [0.15, 0.2) is 10.8 Å². The predicted molar refractivity (Wildman–Crippen MR) is 123 cm³/mol. The molecule has 0 bridgehead atoms. The Morgan fingerprint density at radius 2 is 1.97 bits per heavy atom. The molecular weight excluding hydrogens is 412 g/mol. The summed E-state index contributed by atoms with van der Waals surface area (Å²) in [6.45, 7) is 8.17. The van der Waals surface area contributed by atoms with Crippen LogP contribution in [-0.4, -0.2) is 64.3 Å². The number of benzene rings is 1. The van der Waals surface area contributed by atoms with Crippen molar-refractivity contribution in [3.05, 3.63) is 41.6 Å². The van der Waals surface area contributed by atoms with E-state index in [9.17, 15) is 4.79 Å². The number of nitrogens with one attached hydrogen (secondary N) is 1. The van der Waals surface area contributed by atoms with Crippen molar-refractivity contribution in [2.24, 2.45) is 0 Å². The summed E-state index contributed by atoms with van der Waals surface area (Å²) in [4.78, 5) is 24.2. The number of anilines is 1. The van der Waals surface area contributed by atoms with E-state index >= 15 is 0 Å². The van der Waals surface area contributed by atoms with Crippen molar-refractivity contribution in [1.29, 1.82) is 0 Å². The van der Waals surface area contributed by atoms with E-state index in [4.69, 9.17) is 14.7 Å². The summed E-state index contributed by atoms with van der Waals surface area (Å²) in [7, 11) is 0. The van der Waals surface area contributed by atoms with Crippen LogP contribution >= 0.6 is 11.8 Å². The minimum Gasteiger partial charge on any atom is -0.378 e. The molecule has 1 fully saturated rings. The molecular formula is C22H28N6O2S. The number of carbonyl (C=O) groups is 1. The Bertz CT molecular complexity index is 1030. The van der Waals surface area contributed by atoms with Gasteiger partial charge < -0.3 is 15.0 Å². The molecule has 4 rings (SSSR count). The van der Waals surface area contributed by atoms with E-state index in [1.165, 1.54) is 0 Å². The minimum absolute atomic E-state index is 0.0840. The number of nitrogens with zero attached hydrogens (tertiary/aromatic N) is 5. The molecule has 3 heterocycles. The second-order valence-corrected chi connectivity index (χ2v) is 8.57. The normalized spacial score (nSPS) is 14.2. The average Bonchev–Trinajstić information content (AvgIpc) is 3.21. The molecule has 8 nitrogen and oxygen atoms in total. The number of aryl methyl sites for hydroxylation is 1. The third-order valence-electron chi connectivity index (χ3n) is 5.12. The van der Waals surface area contributed by atoms with Crippen LogP contribution in [0.3, 0.4) is 0 Å². The predicted octanol–water partition coefficient (Wildman–Crippen LogP) is 2.90. The Morgan fingerprint density at radius 3 is 2.71 bits per heavy atom. The molecule has 3 aromatic rings. The number of ether oxygens (including phenoxy) is 1. The molecule has 0 radical (unpaired) electrons. The Hall–Kier alpha value is -2.65. The molecule has 164 valence electrons. The number of hydrogen-bond acceptors (Lipinski definition) is 7. The van der Waals surface area contributed by atoms with Gasteiger partial charge in [-0.25, -0.2) is 14.6 Å². The minimum atomic E-state index is -0.0840. The highest BCUT2D eigenvalue weighted by Crippen LogP contribution is 2.28. The summed E-state index contributed by atoms with van der Waals surface area (Å²) in [5, 5.41) is 9.22. The molecule has 1 aliphatic rings. The van der Waals surface area contributed by atoms with Crippen molar-refractivity contribution >= 4 is 34.5 Å². The fourth-order valence-electron chi connectivity index (χ4n) is 3.44. The zero-order valence-electron chi connectivity index (χ0n) is 18.0. The van der Waals surface area contributed by atoms with Crippen LogP contribution in [-0.2, 0) is 11.3 Å². The van der Waals surface area contributed by atoms with Crippen LogP contribution in [0, 0.1) is 6.92 Å². The van der Waals surface area contributed by atoms with Gasteiger partial charge in [0.1, 0.15) is 5.82 Å². The third kappa shape index (κ3) is 5.16. The van der Waals surface area contributed by atoms with Gasteiger partial charge >= 0.3 is 0 Å². The maximum atomic E-state index is 12.4. The van der Waals surface area contributed by atoms with Crippen molar-refractivity contribution in [1.82, 2.24) is 25.1 Å². The molecule has 2 aromatic heterocycles. The first-order valence-corrected chi connectivity index (χ1v) is 11.7. The molecule has 0 saturated carbocycles. The molecule has 1 aliphatic heterocycles. The van der Waals surface area contributed by atoms with Crippen molar-refractivity contribution in [2.45, 2.75) is 32.0 Å². The van der Waals surface area contributed by atoms with Crippen LogP contribution in [0.5, 0.6) is 0 Å². The van der Waals surface area contributed by atoms with E-state index in [-0.39, 0.29) is 5.91 Å². The number of carbonyl (C=O) groups excluding carboxylic acids is 1. The first-order valence-electron chi connectivity index (χ1n) is 10.7. The zero-order valence-corrected chi connectivity index (χ0v) is 18.8. The van der Waals surface area contributed by atoms with Gasteiger partial charge in [0.05, 0.1) is 31.3 Å². The molecule has 1 N–H and O–H groups in total. The summed E-state index contributed by atoms with van der Waals surface area (Å²) in [6, 6.07) is 7.56. The first kappa shape index (κ1) is 21.6. The quantitative estimate of drug-likeness (QED) is 0.426. The van der Waals surface area contributed by atoms with E-state index in [0.29, 0.717) is 31.9 Å². The fourth-order valence-corrected chi connectivity index (χ4v) is 4.13. The lowest BCUT2D eigenvalue weighted by Crippen LogP contribution is -2.37. The Kier molecular flexibility index (Phi) is 7.03. The third-order valence-corrected chi connectivity index (χ3v) is 6.18. The van der Waals surface area contributed by atoms with Crippen LogP contribution in [0.4, 0.5) is 5.82 Å². The lowest BCUT2D eigenvalue weighted by molar-refractivity contribution is 0.0952. The maximum absolute atomic E-state index is 12.4. The summed E-state index contributed by atoms with van der Waals surface area (Å²) < 4.78 is 7.35. The molecule has 1 amide bonds. The fraction of sp³-hybridized carbons (Fsp3) is 0.455. The van der Waals surface area contributed by atoms with Crippen molar-refractivity contribution in [3.8, 4) is 0 Å². The highest BCUT2D eigenvalue weighted by molar-refractivity contribution is 7.99. The molecule has 1 aromatic carbocycles. The second-order valence-electron chi connectivity index (χ2n) is 7.50. The van der Waals surface area contributed by atoms with Crippen molar-refractivity contribution in [2.75, 3.05) is 43.5 Å². The number of amides is 1. The number of thioether (sulfide) groups is 1. The lowest BCUT2D eigenvalue weighted by atomic mass is 10.1. The zero-order chi connectivity index (χ0) is 21.6. The highest BCUT2D eigenvalue weighted by atomic mass is 32.2. The van der Waals surface area contributed by atoms with E-state index in [1.54, 1.807) is 11.8 Å². The summed E-state index contributed by atoms with van der Waals surface area (Å²) >= 11 is 1.66. The topological polar surface area (TPSA) is 85.2 Å². The molecule has 31 heavy (non-hydrogen) atoms. The lowest BCUT2D eigenvalue weighted by Gasteiger charge is -2.28. The molecule has 0 atom stereocenters. The van der Waals surface area contributed by atoms with Gasteiger partial charge in [-0.05, 0) is 25.5 Å². The number of morpholine rings is 1. The Labute approximate surface area is 186 Å². The van der Waals surface area contributed by atoms with Gasteiger partial charge in [0, 0.05) is 31.0 Å². The van der Waals surface area contributed by atoms with Crippen LogP contribution in [0.25, 0.3) is 11.0 Å². The molecule has 0 aliphatic carbocycles. The van der Waals surface area contributed by atoms with Crippen molar-refractivity contribution in [3.63, 3.8) is 0 Å². The van der Waals surface area contributed by atoms with Crippen LogP contribution < -0.4 is 10.2 Å². The second kappa shape index (κ2) is 10.1. The molecule has 0 spiro atoms. The first-order chi connectivity index (χ1) is 15.2. The Balaban J connectivity index is 1.52. The van der Waals surface area contributed by atoms with Crippen LogP contribution in [0.15, 0.2) is 35.6 Å². The number of aromatic nitrogens is 4. The SMILES string of the molecule is CCCSc1nc(N2CCOCC2)c2cnn(CCNC(=O)c3ccc(C)cc3)c2n1. The van der Waals surface area contributed by atoms with E-state index in [1.807, 2.05) is 42.1 Å². The molecule has 0 unspecified atom stereocenters. The number of rotatable bonds is 8. The molecule has 9 heteroatoms. The average molecular weight is 441 g/mol. The Morgan fingerprint density at radius 1 is 1.19 bits per heavy atom. The summed E-state index contributed by atoms with van der Waals surface area (Å²) in [6.07, 6.45) is 2.89. The summed E-state index contributed by atoms with van der Waals surface area (Å²) in [5.74, 6) is 1.80. The van der Waals surface area contributed by atoms with Gasteiger partial charge in [-0.15, -0.1) is 0 Å². The van der Waals surface area contributed by atoms with Gasteiger partial charge in [0.2, 0.25) is 0 Å². The van der Waals surface area contributed by atoms with Gasteiger partial charge in [0.25, 0.3) is 5.91 Å². The van der Waals surface area contributed by atoms with E-state index in [2.05, 4.69) is 22.2 Å². The van der Waals surface area contributed by atoms with Crippen LogP contribution in [0.2, 0.25) is 0 Å². The van der Waals surface area contributed by atoms with Gasteiger partial charge in [-0.3, -0.25) is 4.79 Å². The largest absolute Gasteiger partial charge is 0.378 e. The van der Waals surface area contributed by atoms with Gasteiger partial charge in [-0.2, -0.15) is 5.10 Å². The summed E-state index contributed by atoms with van der Waals surface area (Å²) in [5.41, 5.74) is 2.60. The molecule has 1 saturated heterocycles. The number of hydrogen-bond donors (Lipinski definition) is 1. The van der Waals surface area contributed by atoms with Crippen molar-refractivity contribution < 1.29 is 9.53 Å². The standard InChI is InChI=1S/C22H28N6O2S/c1-3-14-31-22-25-19(27-10-12-30-13-11-27)18-15-24-28(20(18)26-22)9-8-23-21(29)17-6-4-16(2)5-7-17/h4-7,15H,3,8-14H2,1-2H3,(H,23,29). The van der Waals surface area contributed by atoms with Crippen LogP contribution in [0.1, 0.15) is 29.3 Å². The van der Waals surface area contributed by atoms with E-state index in [0.717, 1.165) is 52.8 Å². The monoisotopic (exact) mass is 440 g/mol. The van der Waals surface area contributed by atoms with Gasteiger partial charge in [-0.1, -0.05) is 36.4 Å². The smallest absolute Gasteiger partial charge is 0.251 e. The number of fused-ring (bicyclic) bond motifs is 1.